The zero-order valence-electron chi connectivity index (χ0n) is 18.9. The highest BCUT2D eigenvalue weighted by Crippen LogP contribution is 2.18. The van der Waals surface area contributed by atoms with Crippen molar-refractivity contribution >= 4 is 16.9 Å². The average Bonchev–Trinajstić information content (AvgIpc) is 3.16. The third-order valence-corrected chi connectivity index (χ3v) is 5.75. The second-order valence-corrected chi connectivity index (χ2v) is 8.22. The molecule has 2 heterocycles. The summed E-state index contributed by atoms with van der Waals surface area (Å²) in [6, 6.07) is 13.7. The molecule has 0 bridgehead atoms. The van der Waals surface area contributed by atoms with E-state index in [1.807, 2.05) is 18.2 Å². The smallest absolute Gasteiger partial charge is 0.269 e. The van der Waals surface area contributed by atoms with E-state index < -0.39 is 0 Å². The van der Waals surface area contributed by atoms with Crippen molar-refractivity contribution in [3.63, 3.8) is 0 Å². The zero-order chi connectivity index (χ0) is 21.7. The lowest BCUT2D eigenvalue weighted by Crippen LogP contribution is -2.27. The van der Waals surface area contributed by atoms with Gasteiger partial charge >= 0.3 is 0 Å². The molecule has 2 aromatic heterocycles. The summed E-state index contributed by atoms with van der Waals surface area (Å²) >= 11 is 0. The molecule has 166 valence electrons. The third-order valence-electron chi connectivity index (χ3n) is 5.75. The van der Waals surface area contributed by atoms with E-state index in [9.17, 15) is 4.79 Å². The summed E-state index contributed by atoms with van der Waals surface area (Å²) < 4.78 is 2.34. The number of benzene rings is 1. The van der Waals surface area contributed by atoms with Crippen molar-refractivity contribution in [1.82, 2.24) is 19.9 Å². The van der Waals surface area contributed by atoms with Gasteiger partial charge in [-0.05, 0) is 30.7 Å². The predicted octanol–water partition coefficient (Wildman–Crippen LogP) is 5.93. The predicted molar refractivity (Wildman–Crippen MR) is 127 cm³/mol. The molecule has 31 heavy (non-hydrogen) atoms. The van der Waals surface area contributed by atoms with Crippen LogP contribution in [0.4, 0.5) is 0 Å². The molecule has 0 aliphatic heterocycles. The van der Waals surface area contributed by atoms with Gasteiger partial charge in [0.25, 0.3) is 5.91 Å². The summed E-state index contributed by atoms with van der Waals surface area (Å²) in [4.78, 5) is 21.2. The quantitative estimate of drug-likeness (QED) is 0.329. The van der Waals surface area contributed by atoms with Gasteiger partial charge in [-0.2, -0.15) is 0 Å². The number of imidazole rings is 1. The van der Waals surface area contributed by atoms with Crippen molar-refractivity contribution < 1.29 is 4.79 Å². The van der Waals surface area contributed by atoms with Crippen LogP contribution in [0, 0.1) is 0 Å². The molecule has 1 amide bonds. The van der Waals surface area contributed by atoms with E-state index in [0.717, 1.165) is 17.9 Å². The summed E-state index contributed by atoms with van der Waals surface area (Å²) in [5.74, 6) is 0.907. The monoisotopic (exact) mass is 420 g/mol. The lowest BCUT2D eigenvalue weighted by atomic mass is 10.1. The Morgan fingerprint density at radius 1 is 0.903 bits per heavy atom. The van der Waals surface area contributed by atoms with Crippen molar-refractivity contribution in [1.29, 1.82) is 0 Å². The van der Waals surface area contributed by atoms with Gasteiger partial charge in [0.15, 0.2) is 0 Å². The summed E-state index contributed by atoms with van der Waals surface area (Å²) in [7, 11) is 0. The Morgan fingerprint density at radius 3 is 2.35 bits per heavy atom. The summed E-state index contributed by atoms with van der Waals surface area (Å²) in [6.45, 7) is 3.80. The Bertz CT molecular complexity index is 920. The van der Waals surface area contributed by atoms with Crippen molar-refractivity contribution in [3.8, 4) is 0 Å². The first kappa shape index (κ1) is 23.0. The van der Waals surface area contributed by atoms with Gasteiger partial charge in [0.05, 0.1) is 11.0 Å². The van der Waals surface area contributed by atoms with Gasteiger partial charge in [0.2, 0.25) is 0 Å². The van der Waals surface area contributed by atoms with Gasteiger partial charge in [-0.1, -0.05) is 76.5 Å². The van der Waals surface area contributed by atoms with Gasteiger partial charge in [-0.25, -0.2) is 4.98 Å². The maximum Gasteiger partial charge on any atom is 0.269 e. The number of pyridine rings is 1. The number of fused-ring (bicyclic) bond motifs is 1. The van der Waals surface area contributed by atoms with E-state index in [4.69, 9.17) is 4.98 Å². The van der Waals surface area contributed by atoms with E-state index in [1.54, 1.807) is 12.3 Å². The van der Waals surface area contributed by atoms with Gasteiger partial charge < -0.3 is 9.88 Å². The maximum atomic E-state index is 12.2. The Labute approximate surface area is 186 Å². The van der Waals surface area contributed by atoms with Gasteiger partial charge in [0, 0.05) is 25.7 Å². The molecule has 5 heteroatoms. The molecule has 0 aliphatic rings. The van der Waals surface area contributed by atoms with E-state index >= 15 is 0 Å². The van der Waals surface area contributed by atoms with Crippen LogP contribution >= 0.6 is 0 Å². The molecular formula is C26H36N4O. The maximum absolute atomic E-state index is 12.2. The van der Waals surface area contributed by atoms with Crippen LogP contribution in [-0.2, 0) is 13.0 Å². The third kappa shape index (κ3) is 7.20. The molecule has 0 saturated carbocycles. The van der Waals surface area contributed by atoms with Crippen LogP contribution < -0.4 is 5.32 Å². The average molecular weight is 421 g/mol. The van der Waals surface area contributed by atoms with Gasteiger partial charge in [-0.15, -0.1) is 0 Å². The normalized spacial score (nSPS) is 11.1. The molecule has 5 nitrogen and oxygen atoms in total. The molecule has 0 saturated heterocycles. The van der Waals surface area contributed by atoms with E-state index in [-0.39, 0.29) is 5.91 Å². The molecule has 0 aliphatic carbocycles. The fraction of sp³-hybridized carbons (Fsp3) is 0.500. The minimum absolute atomic E-state index is 0.137. The first-order valence-corrected chi connectivity index (χ1v) is 11.9. The minimum Gasteiger partial charge on any atom is -0.350 e. The van der Waals surface area contributed by atoms with Crippen molar-refractivity contribution in [2.75, 3.05) is 6.54 Å². The van der Waals surface area contributed by atoms with Gasteiger partial charge in [-0.3, -0.25) is 9.78 Å². The van der Waals surface area contributed by atoms with E-state index in [2.05, 4.69) is 40.0 Å². The van der Waals surface area contributed by atoms with Crippen molar-refractivity contribution in [2.24, 2.45) is 0 Å². The van der Waals surface area contributed by atoms with Crippen LogP contribution in [-0.4, -0.2) is 27.0 Å². The van der Waals surface area contributed by atoms with E-state index in [1.165, 1.54) is 63.3 Å². The summed E-state index contributed by atoms with van der Waals surface area (Å²) in [6.07, 6.45) is 14.3. The topological polar surface area (TPSA) is 59.8 Å². The van der Waals surface area contributed by atoms with Crippen molar-refractivity contribution in [2.45, 2.75) is 77.7 Å². The Balaban J connectivity index is 1.48. The second-order valence-electron chi connectivity index (χ2n) is 8.22. The molecule has 0 radical (unpaired) electrons. The van der Waals surface area contributed by atoms with Crippen LogP contribution in [0.3, 0.4) is 0 Å². The largest absolute Gasteiger partial charge is 0.350 e. The number of rotatable bonds is 14. The number of para-hydroxylation sites is 2. The number of hydrogen-bond acceptors (Lipinski definition) is 3. The molecular weight excluding hydrogens is 384 g/mol. The molecule has 3 rings (SSSR count). The number of unbranched alkanes of at least 4 members (excludes halogenated alkanes) is 8. The molecule has 0 spiro atoms. The SMILES string of the molecule is CCCCCCCCCCCn1c(CCNC(=O)c2ccccn2)nc2ccccc21. The number of aromatic nitrogens is 3. The molecule has 1 aromatic carbocycles. The summed E-state index contributed by atoms with van der Waals surface area (Å²) in [5, 5.41) is 2.97. The van der Waals surface area contributed by atoms with Crippen LogP contribution in [0.2, 0.25) is 0 Å². The molecule has 3 aromatic rings. The highest BCUT2D eigenvalue weighted by Gasteiger charge is 2.11. The number of carbonyl (C=O) groups excluding carboxylic acids is 1. The Morgan fingerprint density at radius 2 is 1.61 bits per heavy atom. The first-order valence-electron chi connectivity index (χ1n) is 11.9. The van der Waals surface area contributed by atoms with Crippen molar-refractivity contribution in [3.05, 3.63) is 60.2 Å². The van der Waals surface area contributed by atoms with Gasteiger partial charge in [0.1, 0.15) is 11.5 Å². The fourth-order valence-electron chi connectivity index (χ4n) is 4.02. The molecule has 1 N–H and O–H groups in total. The Hall–Kier alpha value is -2.69. The van der Waals surface area contributed by atoms with E-state index in [0.29, 0.717) is 18.7 Å². The van der Waals surface area contributed by atoms with Crippen LogP contribution in [0.1, 0.15) is 81.0 Å². The number of nitrogens with one attached hydrogen (secondary N) is 1. The highest BCUT2D eigenvalue weighted by atomic mass is 16.1. The zero-order valence-corrected chi connectivity index (χ0v) is 18.9. The summed E-state index contributed by atoms with van der Waals surface area (Å²) in [5.41, 5.74) is 2.67. The Kier molecular flexibility index (Phi) is 9.55. The molecule has 0 unspecified atom stereocenters. The molecule has 0 atom stereocenters. The fourth-order valence-corrected chi connectivity index (χ4v) is 4.02. The number of carbonyl (C=O) groups is 1. The second kappa shape index (κ2) is 12.9. The number of hydrogen-bond donors (Lipinski definition) is 1. The highest BCUT2D eigenvalue weighted by molar-refractivity contribution is 5.92. The number of aryl methyl sites for hydroxylation is 1. The lowest BCUT2D eigenvalue weighted by molar-refractivity contribution is 0.0949. The lowest BCUT2D eigenvalue weighted by Gasteiger charge is -2.10. The number of nitrogens with zero attached hydrogens (tertiary/aromatic N) is 3. The first-order chi connectivity index (χ1) is 15.3. The number of amides is 1. The van der Waals surface area contributed by atoms with Crippen LogP contribution in [0.15, 0.2) is 48.7 Å². The minimum atomic E-state index is -0.137. The standard InChI is InChI=1S/C26H36N4O/c1-2-3-4-5-6-7-8-9-14-21-30-24-17-11-10-15-22(24)29-25(30)18-20-28-26(31)23-16-12-13-19-27-23/h10-13,15-17,19H,2-9,14,18,20-21H2,1H3,(H,28,31). The molecule has 0 fully saturated rings. The van der Waals surface area contributed by atoms with Crippen LogP contribution in [0.25, 0.3) is 11.0 Å². The van der Waals surface area contributed by atoms with Crippen LogP contribution in [0.5, 0.6) is 0 Å².